The van der Waals surface area contributed by atoms with Crippen LogP contribution in [0.2, 0.25) is 5.02 Å². The van der Waals surface area contributed by atoms with Crippen molar-refractivity contribution < 1.29 is 13.6 Å². The van der Waals surface area contributed by atoms with E-state index in [1.165, 1.54) is 23.6 Å². The standard InChI is InChI=1S/C19H16ClF2N5OS/c20-13-10-23-18(27-5-1-2-6-27)25-16(13)17(28)26-19-24-9-12(29-19)7-11-3-4-14(21)15(22)8-11/h3-4,8-10H,1-2,5-7H2,(H,24,26,28). The summed E-state index contributed by atoms with van der Waals surface area (Å²) in [6.07, 6.45) is 5.51. The van der Waals surface area contributed by atoms with Gasteiger partial charge in [0.1, 0.15) is 0 Å². The third-order valence-electron chi connectivity index (χ3n) is 4.47. The summed E-state index contributed by atoms with van der Waals surface area (Å²) in [5.74, 6) is -1.78. The van der Waals surface area contributed by atoms with Gasteiger partial charge in [-0.3, -0.25) is 10.1 Å². The second kappa shape index (κ2) is 8.38. The SMILES string of the molecule is O=C(Nc1ncc(Cc2ccc(F)c(F)c2)s1)c1nc(N2CCCC2)ncc1Cl. The molecule has 0 aliphatic carbocycles. The number of benzene rings is 1. The Morgan fingerprint density at radius 1 is 1.17 bits per heavy atom. The van der Waals surface area contributed by atoms with E-state index in [-0.39, 0.29) is 10.7 Å². The first-order valence-electron chi connectivity index (χ1n) is 8.97. The number of nitrogens with one attached hydrogen (secondary N) is 1. The van der Waals surface area contributed by atoms with Crippen molar-refractivity contribution in [3.05, 3.63) is 63.4 Å². The average molecular weight is 436 g/mol. The van der Waals surface area contributed by atoms with Crippen molar-refractivity contribution in [1.82, 2.24) is 15.0 Å². The van der Waals surface area contributed by atoms with Gasteiger partial charge in [0, 0.05) is 30.6 Å². The van der Waals surface area contributed by atoms with E-state index in [0.29, 0.717) is 23.1 Å². The molecule has 1 aliphatic heterocycles. The molecule has 10 heteroatoms. The second-order valence-corrected chi connectivity index (χ2v) is 8.09. The largest absolute Gasteiger partial charge is 0.341 e. The smallest absolute Gasteiger partial charge is 0.277 e. The fourth-order valence-corrected chi connectivity index (χ4v) is 4.06. The van der Waals surface area contributed by atoms with Crippen LogP contribution < -0.4 is 10.2 Å². The molecule has 1 saturated heterocycles. The predicted octanol–water partition coefficient (Wildman–Crippen LogP) is 4.31. The van der Waals surface area contributed by atoms with Gasteiger partial charge in [-0.25, -0.2) is 23.7 Å². The van der Waals surface area contributed by atoms with Crippen LogP contribution in [0.25, 0.3) is 0 Å². The predicted molar refractivity (Wildman–Crippen MR) is 108 cm³/mol. The van der Waals surface area contributed by atoms with Crippen LogP contribution in [0, 0.1) is 11.6 Å². The highest BCUT2D eigenvalue weighted by Gasteiger charge is 2.20. The number of amides is 1. The second-order valence-electron chi connectivity index (χ2n) is 6.57. The lowest BCUT2D eigenvalue weighted by molar-refractivity contribution is 0.102. The number of halogens is 3. The van der Waals surface area contributed by atoms with Crippen molar-refractivity contribution in [3.8, 4) is 0 Å². The van der Waals surface area contributed by atoms with Gasteiger partial charge in [0.25, 0.3) is 5.91 Å². The van der Waals surface area contributed by atoms with Gasteiger partial charge in [0.05, 0.1) is 11.2 Å². The summed E-state index contributed by atoms with van der Waals surface area (Å²) in [4.78, 5) is 28.1. The van der Waals surface area contributed by atoms with Crippen molar-refractivity contribution >= 4 is 39.9 Å². The van der Waals surface area contributed by atoms with E-state index in [9.17, 15) is 13.6 Å². The lowest BCUT2D eigenvalue weighted by Gasteiger charge is -2.15. The molecule has 3 aromatic rings. The fourth-order valence-electron chi connectivity index (χ4n) is 3.04. The van der Waals surface area contributed by atoms with Crippen LogP contribution in [-0.2, 0) is 6.42 Å². The highest BCUT2D eigenvalue weighted by molar-refractivity contribution is 7.15. The third-order valence-corrected chi connectivity index (χ3v) is 5.66. The first kappa shape index (κ1) is 19.7. The van der Waals surface area contributed by atoms with Crippen molar-refractivity contribution in [3.63, 3.8) is 0 Å². The first-order chi connectivity index (χ1) is 14.0. The first-order valence-corrected chi connectivity index (χ1v) is 10.2. The van der Waals surface area contributed by atoms with Crippen LogP contribution in [0.15, 0.2) is 30.6 Å². The maximum Gasteiger partial charge on any atom is 0.277 e. The molecule has 0 radical (unpaired) electrons. The molecule has 4 rings (SSSR count). The van der Waals surface area contributed by atoms with Crippen LogP contribution >= 0.6 is 22.9 Å². The Morgan fingerprint density at radius 2 is 1.97 bits per heavy atom. The van der Waals surface area contributed by atoms with Crippen LogP contribution in [0.4, 0.5) is 19.9 Å². The Labute approximate surface area is 174 Å². The summed E-state index contributed by atoms with van der Waals surface area (Å²) >= 11 is 7.36. The van der Waals surface area contributed by atoms with Crippen LogP contribution in [0.3, 0.4) is 0 Å². The number of anilines is 2. The molecule has 1 fully saturated rings. The number of rotatable bonds is 5. The molecule has 0 unspecified atom stereocenters. The maximum absolute atomic E-state index is 13.4. The lowest BCUT2D eigenvalue weighted by atomic mass is 10.1. The number of hydrogen-bond acceptors (Lipinski definition) is 6. The van der Waals surface area contributed by atoms with Gasteiger partial charge in [-0.15, -0.1) is 11.3 Å². The minimum atomic E-state index is -0.896. The number of carbonyl (C=O) groups is 1. The van der Waals surface area contributed by atoms with Crippen molar-refractivity contribution in [2.45, 2.75) is 19.3 Å². The number of carbonyl (C=O) groups excluding carboxylic acids is 1. The van der Waals surface area contributed by atoms with Gasteiger partial charge in [-0.2, -0.15) is 0 Å². The zero-order chi connectivity index (χ0) is 20.4. The summed E-state index contributed by atoms with van der Waals surface area (Å²) in [5.41, 5.74) is 0.695. The van der Waals surface area contributed by atoms with Gasteiger partial charge in [0.2, 0.25) is 5.95 Å². The molecule has 3 heterocycles. The Morgan fingerprint density at radius 3 is 2.72 bits per heavy atom. The van der Waals surface area contributed by atoms with Crippen molar-refractivity contribution in [1.29, 1.82) is 0 Å². The zero-order valence-corrected chi connectivity index (χ0v) is 16.7. The molecule has 0 spiro atoms. The molecule has 2 aromatic heterocycles. The Hall–Kier alpha value is -2.65. The van der Waals surface area contributed by atoms with E-state index < -0.39 is 17.5 Å². The van der Waals surface area contributed by atoms with Crippen molar-refractivity contribution in [2.75, 3.05) is 23.3 Å². The quantitative estimate of drug-likeness (QED) is 0.646. The summed E-state index contributed by atoms with van der Waals surface area (Å²) in [6.45, 7) is 1.70. The van der Waals surface area contributed by atoms with E-state index in [0.717, 1.165) is 42.9 Å². The molecule has 1 amide bonds. The van der Waals surface area contributed by atoms with E-state index in [4.69, 9.17) is 11.6 Å². The number of nitrogens with zero attached hydrogens (tertiary/aromatic N) is 4. The van der Waals surface area contributed by atoms with Crippen LogP contribution in [-0.4, -0.2) is 33.9 Å². The minimum Gasteiger partial charge on any atom is -0.341 e. The van der Waals surface area contributed by atoms with Gasteiger partial charge < -0.3 is 4.90 Å². The van der Waals surface area contributed by atoms with E-state index in [1.807, 2.05) is 4.90 Å². The van der Waals surface area contributed by atoms with Gasteiger partial charge in [-0.05, 0) is 30.5 Å². The molecule has 0 bridgehead atoms. The van der Waals surface area contributed by atoms with Gasteiger partial charge in [-0.1, -0.05) is 17.7 Å². The third kappa shape index (κ3) is 4.51. The zero-order valence-electron chi connectivity index (χ0n) is 15.2. The Bertz CT molecular complexity index is 1050. The molecule has 150 valence electrons. The molecular weight excluding hydrogens is 420 g/mol. The number of aromatic nitrogens is 3. The average Bonchev–Trinajstić information content (AvgIpc) is 3.37. The minimum absolute atomic E-state index is 0.0842. The molecule has 0 atom stereocenters. The van der Waals surface area contributed by atoms with E-state index >= 15 is 0 Å². The molecule has 6 nitrogen and oxygen atoms in total. The van der Waals surface area contributed by atoms with Gasteiger partial charge in [0.15, 0.2) is 22.5 Å². The van der Waals surface area contributed by atoms with Crippen LogP contribution in [0.1, 0.15) is 33.8 Å². The van der Waals surface area contributed by atoms with E-state index in [1.54, 1.807) is 6.20 Å². The molecule has 1 N–H and O–H groups in total. The van der Waals surface area contributed by atoms with E-state index in [2.05, 4.69) is 20.3 Å². The highest BCUT2D eigenvalue weighted by Crippen LogP contribution is 2.24. The highest BCUT2D eigenvalue weighted by atomic mass is 35.5. The Balaban J connectivity index is 1.46. The Kier molecular flexibility index (Phi) is 5.68. The number of hydrogen-bond donors (Lipinski definition) is 1. The fraction of sp³-hybridized carbons (Fsp3) is 0.263. The normalized spacial score (nSPS) is 13.7. The van der Waals surface area contributed by atoms with Crippen LogP contribution in [0.5, 0.6) is 0 Å². The summed E-state index contributed by atoms with van der Waals surface area (Å²) in [6, 6.07) is 3.74. The molecule has 29 heavy (non-hydrogen) atoms. The molecule has 0 saturated carbocycles. The molecule has 1 aromatic carbocycles. The maximum atomic E-state index is 13.4. The summed E-state index contributed by atoms with van der Waals surface area (Å²) in [7, 11) is 0. The summed E-state index contributed by atoms with van der Waals surface area (Å²) < 4.78 is 26.4. The topological polar surface area (TPSA) is 71.0 Å². The molecular formula is C19H16ClF2N5OS. The van der Waals surface area contributed by atoms with Gasteiger partial charge >= 0.3 is 0 Å². The van der Waals surface area contributed by atoms with Crippen molar-refractivity contribution in [2.24, 2.45) is 0 Å². The number of thiazole rings is 1. The molecule has 1 aliphatic rings. The monoisotopic (exact) mass is 435 g/mol. The summed E-state index contributed by atoms with van der Waals surface area (Å²) in [5, 5.41) is 3.21. The lowest BCUT2D eigenvalue weighted by Crippen LogP contribution is -2.23.